The van der Waals surface area contributed by atoms with Crippen LogP contribution in [-0.4, -0.2) is 0 Å². The lowest BCUT2D eigenvalue weighted by atomic mass is 9.80. The average Bonchev–Trinajstić information content (AvgIpc) is 2.28. The van der Waals surface area contributed by atoms with Crippen LogP contribution in [0.2, 0.25) is 0 Å². The molecule has 3 heteroatoms. The second-order valence-corrected chi connectivity index (χ2v) is 4.87. The third-order valence-electron chi connectivity index (χ3n) is 3.64. The van der Waals surface area contributed by atoms with Gasteiger partial charge in [-0.15, -0.1) is 0 Å². The first-order valence-electron chi connectivity index (χ1n) is 6.17. The van der Waals surface area contributed by atoms with Crippen molar-refractivity contribution in [1.29, 1.82) is 0 Å². The Hall–Kier alpha value is -0.990. The SMILES string of the molecule is Cc1cccc(C(F)(F)F)c1C1CCCCC1. The van der Waals surface area contributed by atoms with Gasteiger partial charge in [0.15, 0.2) is 0 Å². The van der Waals surface area contributed by atoms with Crippen LogP contribution in [0.15, 0.2) is 18.2 Å². The Morgan fingerprint density at radius 1 is 1.06 bits per heavy atom. The number of benzene rings is 1. The lowest BCUT2D eigenvalue weighted by Crippen LogP contribution is -2.15. The summed E-state index contributed by atoms with van der Waals surface area (Å²) in [5.74, 6) is 0.0987. The van der Waals surface area contributed by atoms with Crippen molar-refractivity contribution < 1.29 is 13.2 Å². The molecule has 94 valence electrons. The van der Waals surface area contributed by atoms with Crippen LogP contribution in [0.25, 0.3) is 0 Å². The van der Waals surface area contributed by atoms with Gasteiger partial charge in [0.1, 0.15) is 0 Å². The van der Waals surface area contributed by atoms with Crippen molar-refractivity contribution in [3.8, 4) is 0 Å². The maximum Gasteiger partial charge on any atom is 0.416 e. The molecule has 0 aromatic heterocycles. The van der Waals surface area contributed by atoms with Crippen LogP contribution in [-0.2, 0) is 6.18 Å². The van der Waals surface area contributed by atoms with Gasteiger partial charge in [0.2, 0.25) is 0 Å². The van der Waals surface area contributed by atoms with Crippen LogP contribution in [0.3, 0.4) is 0 Å². The number of alkyl halides is 3. The fourth-order valence-electron chi connectivity index (χ4n) is 2.86. The van der Waals surface area contributed by atoms with Crippen LogP contribution < -0.4 is 0 Å². The van der Waals surface area contributed by atoms with Crippen molar-refractivity contribution in [1.82, 2.24) is 0 Å². The highest BCUT2D eigenvalue weighted by atomic mass is 19.4. The molecule has 1 fully saturated rings. The van der Waals surface area contributed by atoms with E-state index in [0.29, 0.717) is 5.56 Å². The van der Waals surface area contributed by atoms with E-state index in [2.05, 4.69) is 0 Å². The first-order valence-corrected chi connectivity index (χ1v) is 6.17. The topological polar surface area (TPSA) is 0 Å². The molecule has 1 aliphatic rings. The number of hydrogen-bond acceptors (Lipinski definition) is 0. The van der Waals surface area contributed by atoms with E-state index in [4.69, 9.17) is 0 Å². The summed E-state index contributed by atoms with van der Waals surface area (Å²) in [4.78, 5) is 0. The standard InChI is InChI=1S/C14H17F3/c1-10-6-5-9-12(14(15,16)17)13(10)11-7-3-2-4-8-11/h5-6,9,11H,2-4,7-8H2,1H3. The molecule has 1 aromatic rings. The van der Waals surface area contributed by atoms with Crippen LogP contribution in [0.4, 0.5) is 13.2 Å². The second-order valence-electron chi connectivity index (χ2n) is 4.87. The largest absolute Gasteiger partial charge is 0.416 e. The van der Waals surface area contributed by atoms with E-state index in [-0.39, 0.29) is 5.92 Å². The van der Waals surface area contributed by atoms with Gasteiger partial charge >= 0.3 is 6.18 Å². The van der Waals surface area contributed by atoms with E-state index >= 15 is 0 Å². The summed E-state index contributed by atoms with van der Waals surface area (Å²) < 4.78 is 39.0. The number of hydrogen-bond donors (Lipinski definition) is 0. The third kappa shape index (κ3) is 2.64. The van der Waals surface area contributed by atoms with Gasteiger partial charge < -0.3 is 0 Å². The first-order chi connectivity index (χ1) is 8.00. The van der Waals surface area contributed by atoms with E-state index in [1.807, 2.05) is 0 Å². The second kappa shape index (κ2) is 4.71. The summed E-state index contributed by atoms with van der Waals surface area (Å²) >= 11 is 0. The highest BCUT2D eigenvalue weighted by Crippen LogP contribution is 2.41. The van der Waals surface area contributed by atoms with Gasteiger partial charge in [-0.1, -0.05) is 31.4 Å². The normalized spacial score (nSPS) is 18.4. The Morgan fingerprint density at radius 2 is 1.71 bits per heavy atom. The lowest BCUT2D eigenvalue weighted by Gasteiger charge is -2.26. The maximum atomic E-state index is 13.0. The van der Waals surface area contributed by atoms with Crippen LogP contribution in [0.5, 0.6) is 0 Å². The van der Waals surface area contributed by atoms with Crippen molar-refractivity contribution in [2.45, 2.75) is 51.1 Å². The van der Waals surface area contributed by atoms with Crippen molar-refractivity contribution in [2.24, 2.45) is 0 Å². The van der Waals surface area contributed by atoms with E-state index in [1.54, 1.807) is 13.0 Å². The molecule has 0 atom stereocenters. The van der Waals surface area contributed by atoms with Gasteiger partial charge in [0.05, 0.1) is 5.56 Å². The molecule has 1 aliphatic carbocycles. The Labute approximate surface area is 99.8 Å². The molecule has 1 aromatic carbocycles. The zero-order valence-corrected chi connectivity index (χ0v) is 9.98. The summed E-state index contributed by atoms with van der Waals surface area (Å²) in [5.41, 5.74) is 0.899. The van der Waals surface area contributed by atoms with Crippen LogP contribution in [0, 0.1) is 6.92 Å². The van der Waals surface area contributed by atoms with E-state index in [0.717, 1.165) is 37.7 Å². The molecule has 1 saturated carbocycles. The Morgan fingerprint density at radius 3 is 2.29 bits per heavy atom. The molecule has 0 saturated heterocycles. The lowest BCUT2D eigenvalue weighted by molar-refractivity contribution is -0.138. The van der Waals surface area contributed by atoms with E-state index < -0.39 is 11.7 Å². The molecular weight excluding hydrogens is 225 g/mol. The van der Waals surface area contributed by atoms with E-state index in [1.165, 1.54) is 12.1 Å². The number of rotatable bonds is 1. The van der Waals surface area contributed by atoms with Gasteiger partial charge in [-0.2, -0.15) is 13.2 Å². The van der Waals surface area contributed by atoms with Crippen molar-refractivity contribution in [2.75, 3.05) is 0 Å². The van der Waals surface area contributed by atoms with Gasteiger partial charge in [-0.05, 0) is 42.9 Å². The van der Waals surface area contributed by atoms with E-state index in [9.17, 15) is 13.2 Å². The van der Waals surface area contributed by atoms with Gasteiger partial charge in [-0.3, -0.25) is 0 Å². The molecule has 0 aliphatic heterocycles. The Bertz CT molecular complexity index is 387. The zero-order valence-electron chi connectivity index (χ0n) is 9.98. The monoisotopic (exact) mass is 242 g/mol. The van der Waals surface area contributed by atoms with Crippen molar-refractivity contribution in [3.63, 3.8) is 0 Å². The number of halogens is 3. The Balaban J connectivity index is 2.43. The summed E-state index contributed by atoms with van der Waals surface area (Å²) in [6.45, 7) is 1.79. The highest BCUT2D eigenvalue weighted by Gasteiger charge is 2.35. The maximum absolute atomic E-state index is 13.0. The molecule has 0 spiro atoms. The van der Waals surface area contributed by atoms with Gasteiger partial charge in [-0.25, -0.2) is 0 Å². The zero-order chi connectivity index (χ0) is 12.5. The van der Waals surface area contributed by atoms with Gasteiger partial charge in [0, 0.05) is 0 Å². The minimum Gasteiger partial charge on any atom is -0.166 e. The summed E-state index contributed by atoms with van der Waals surface area (Å²) in [6, 6.07) is 4.51. The van der Waals surface area contributed by atoms with Crippen LogP contribution in [0.1, 0.15) is 54.7 Å². The summed E-state index contributed by atoms with van der Waals surface area (Å²) in [6.07, 6.45) is 0.830. The smallest absolute Gasteiger partial charge is 0.166 e. The molecule has 0 N–H and O–H groups in total. The minimum absolute atomic E-state index is 0.0987. The predicted molar refractivity (Wildman–Crippen MR) is 62.0 cm³/mol. The predicted octanol–water partition coefficient (Wildman–Crippen LogP) is 5.06. The molecular formula is C14H17F3. The fraction of sp³-hybridized carbons (Fsp3) is 0.571. The molecule has 17 heavy (non-hydrogen) atoms. The third-order valence-corrected chi connectivity index (χ3v) is 3.64. The minimum atomic E-state index is -4.22. The quantitative estimate of drug-likeness (QED) is 0.645. The molecule has 0 bridgehead atoms. The summed E-state index contributed by atoms with van der Waals surface area (Å²) in [7, 11) is 0. The molecule has 0 amide bonds. The summed E-state index contributed by atoms with van der Waals surface area (Å²) in [5, 5.41) is 0. The molecule has 2 rings (SSSR count). The van der Waals surface area contributed by atoms with Crippen molar-refractivity contribution >= 4 is 0 Å². The molecule has 0 heterocycles. The Kier molecular flexibility index (Phi) is 3.45. The molecule has 0 radical (unpaired) electrons. The fourth-order valence-corrected chi connectivity index (χ4v) is 2.86. The number of aryl methyl sites for hydroxylation is 1. The average molecular weight is 242 g/mol. The first kappa shape index (κ1) is 12.5. The highest BCUT2D eigenvalue weighted by molar-refractivity contribution is 5.39. The van der Waals surface area contributed by atoms with Gasteiger partial charge in [0.25, 0.3) is 0 Å². The van der Waals surface area contributed by atoms with Crippen LogP contribution >= 0.6 is 0 Å². The molecule has 0 unspecified atom stereocenters. The molecule has 0 nitrogen and oxygen atoms in total. The van der Waals surface area contributed by atoms with Crippen molar-refractivity contribution in [3.05, 3.63) is 34.9 Å².